The van der Waals surface area contributed by atoms with E-state index < -0.39 is 0 Å². The van der Waals surface area contributed by atoms with Gasteiger partial charge in [0.2, 0.25) is 0 Å². The third-order valence-electron chi connectivity index (χ3n) is 2.88. The fourth-order valence-electron chi connectivity index (χ4n) is 1.85. The molecular formula is C14H18ClN3S. The van der Waals surface area contributed by atoms with Crippen LogP contribution in [0.1, 0.15) is 24.6 Å². The van der Waals surface area contributed by atoms with Crippen molar-refractivity contribution in [2.45, 2.75) is 37.6 Å². The average molecular weight is 296 g/mol. The number of anilines is 1. The zero-order valence-electron chi connectivity index (χ0n) is 11.2. The minimum absolute atomic E-state index is 0.783. The number of hydrogen-bond acceptors (Lipinski definition) is 3. The first-order valence-electron chi connectivity index (χ1n) is 6.32. The predicted octanol–water partition coefficient (Wildman–Crippen LogP) is 4.13. The van der Waals surface area contributed by atoms with Gasteiger partial charge in [0.15, 0.2) is 0 Å². The quantitative estimate of drug-likeness (QED) is 0.844. The van der Waals surface area contributed by atoms with Crippen LogP contribution in [-0.4, -0.2) is 9.78 Å². The topological polar surface area (TPSA) is 43.8 Å². The van der Waals surface area contributed by atoms with Gasteiger partial charge in [0.25, 0.3) is 0 Å². The lowest BCUT2D eigenvalue weighted by Crippen LogP contribution is -2.01. The smallest absolute Gasteiger partial charge is 0.118 e. The lowest BCUT2D eigenvalue weighted by molar-refractivity contribution is 0.556. The van der Waals surface area contributed by atoms with E-state index in [1.54, 1.807) is 11.8 Å². The lowest BCUT2D eigenvalue weighted by Gasteiger charge is -2.07. The fourth-order valence-corrected chi connectivity index (χ4v) is 3.26. The molecule has 1 aromatic carbocycles. The molecule has 2 rings (SSSR count). The number of aryl methyl sites for hydroxylation is 2. The predicted molar refractivity (Wildman–Crippen MR) is 82.7 cm³/mol. The molecule has 0 atom stereocenters. The molecule has 2 aromatic rings. The number of hydrogen-bond donors (Lipinski definition) is 1. The zero-order chi connectivity index (χ0) is 13.8. The van der Waals surface area contributed by atoms with Gasteiger partial charge in [-0.2, -0.15) is 5.10 Å². The molecule has 1 aromatic heterocycles. The summed E-state index contributed by atoms with van der Waals surface area (Å²) in [6, 6.07) is 7.89. The molecule has 1 heterocycles. The van der Waals surface area contributed by atoms with E-state index >= 15 is 0 Å². The Morgan fingerprint density at radius 1 is 1.37 bits per heavy atom. The van der Waals surface area contributed by atoms with Gasteiger partial charge in [-0.05, 0) is 25.0 Å². The number of aromatic nitrogens is 2. The highest BCUT2D eigenvalue weighted by Gasteiger charge is 2.13. The highest BCUT2D eigenvalue weighted by molar-refractivity contribution is 7.98. The Kier molecular flexibility index (Phi) is 4.77. The molecule has 2 N–H and O–H groups in total. The summed E-state index contributed by atoms with van der Waals surface area (Å²) in [5.74, 6) is 0.804. The van der Waals surface area contributed by atoms with E-state index in [9.17, 15) is 0 Å². The third-order valence-corrected chi connectivity index (χ3v) is 4.41. The second-order valence-corrected chi connectivity index (χ2v) is 5.78. The van der Waals surface area contributed by atoms with Gasteiger partial charge in [-0.3, -0.25) is 4.68 Å². The molecule has 0 bridgehead atoms. The molecule has 0 fully saturated rings. The Morgan fingerprint density at radius 3 is 2.79 bits per heavy atom. The molecule has 0 saturated heterocycles. The molecule has 0 radical (unpaired) electrons. The average Bonchev–Trinajstić information content (AvgIpc) is 2.65. The van der Waals surface area contributed by atoms with Crippen LogP contribution >= 0.6 is 23.4 Å². The Hall–Kier alpha value is -1.13. The first kappa shape index (κ1) is 14.3. The highest BCUT2D eigenvalue weighted by Crippen LogP contribution is 2.32. The fraction of sp³-hybridized carbons (Fsp3) is 0.357. The maximum absolute atomic E-state index is 6.17. The van der Waals surface area contributed by atoms with Gasteiger partial charge in [-0.25, -0.2) is 0 Å². The lowest BCUT2D eigenvalue weighted by atomic mass is 10.2. The Morgan fingerprint density at radius 2 is 2.11 bits per heavy atom. The largest absolute Gasteiger partial charge is 0.395 e. The number of thioether (sulfide) groups is 1. The highest BCUT2D eigenvalue weighted by atomic mass is 35.5. The molecular weight excluding hydrogens is 278 g/mol. The summed E-state index contributed by atoms with van der Waals surface area (Å²) in [6.45, 7) is 4.97. The summed E-state index contributed by atoms with van der Waals surface area (Å²) in [5.41, 5.74) is 8.90. The van der Waals surface area contributed by atoms with Crippen LogP contribution in [0.2, 0.25) is 5.02 Å². The van der Waals surface area contributed by atoms with Gasteiger partial charge in [0, 0.05) is 17.3 Å². The van der Waals surface area contributed by atoms with Crippen LogP contribution in [-0.2, 0) is 12.3 Å². The van der Waals surface area contributed by atoms with E-state index in [2.05, 4.69) is 12.0 Å². The van der Waals surface area contributed by atoms with Crippen LogP contribution in [0.5, 0.6) is 0 Å². The maximum atomic E-state index is 6.17. The van der Waals surface area contributed by atoms with Crippen molar-refractivity contribution in [1.82, 2.24) is 9.78 Å². The van der Waals surface area contributed by atoms with E-state index in [-0.39, 0.29) is 0 Å². The molecule has 0 aliphatic carbocycles. The van der Waals surface area contributed by atoms with Crippen molar-refractivity contribution in [3.8, 4) is 0 Å². The van der Waals surface area contributed by atoms with Crippen LogP contribution in [0.3, 0.4) is 0 Å². The molecule has 102 valence electrons. The summed E-state index contributed by atoms with van der Waals surface area (Å²) in [7, 11) is 0. The summed E-state index contributed by atoms with van der Waals surface area (Å²) >= 11 is 7.86. The number of nitrogens with two attached hydrogens (primary N) is 1. The summed E-state index contributed by atoms with van der Waals surface area (Å²) in [6.07, 6.45) is 1.04. The molecule has 3 nitrogen and oxygen atoms in total. The molecule has 0 unspecified atom stereocenters. The van der Waals surface area contributed by atoms with Crippen molar-refractivity contribution in [2.75, 3.05) is 5.73 Å². The van der Waals surface area contributed by atoms with Crippen molar-refractivity contribution in [1.29, 1.82) is 0 Å². The number of halogens is 1. The van der Waals surface area contributed by atoms with Crippen LogP contribution in [0.25, 0.3) is 0 Å². The number of rotatable bonds is 5. The Labute approximate surface area is 123 Å². The minimum atomic E-state index is 0.783. The molecule has 0 amide bonds. The van der Waals surface area contributed by atoms with E-state index in [4.69, 9.17) is 17.3 Å². The van der Waals surface area contributed by atoms with E-state index in [0.717, 1.165) is 45.7 Å². The Balaban J connectivity index is 2.17. The van der Waals surface area contributed by atoms with Gasteiger partial charge >= 0.3 is 0 Å². The van der Waals surface area contributed by atoms with Crippen LogP contribution in [0.4, 0.5) is 5.69 Å². The molecule has 0 aliphatic heterocycles. The van der Waals surface area contributed by atoms with Crippen LogP contribution in [0, 0.1) is 6.92 Å². The number of nitrogen functional groups attached to an aromatic ring is 1. The third kappa shape index (κ3) is 3.25. The van der Waals surface area contributed by atoms with Gasteiger partial charge < -0.3 is 5.73 Å². The van der Waals surface area contributed by atoms with Crippen molar-refractivity contribution in [3.05, 3.63) is 40.5 Å². The first-order valence-corrected chi connectivity index (χ1v) is 7.69. The second kappa shape index (κ2) is 6.35. The minimum Gasteiger partial charge on any atom is -0.395 e. The molecule has 5 heteroatoms. The first-order chi connectivity index (χ1) is 9.13. The normalized spacial score (nSPS) is 10.9. The molecule has 19 heavy (non-hydrogen) atoms. The SMILES string of the molecule is CCCn1nc(C)c(N)c1SCc1ccccc1Cl. The molecule has 0 spiro atoms. The van der Waals surface area contributed by atoms with E-state index in [0.29, 0.717) is 0 Å². The second-order valence-electron chi connectivity index (χ2n) is 4.41. The van der Waals surface area contributed by atoms with Crippen LogP contribution in [0.15, 0.2) is 29.3 Å². The van der Waals surface area contributed by atoms with Gasteiger partial charge in [-0.15, -0.1) is 0 Å². The number of benzene rings is 1. The van der Waals surface area contributed by atoms with Gasteiger partial charge in [0.1, 0.15) is 5.03 Å². The summed E-state index contributed by atoms with van der Waals surface area (Å²) in [4.78, 5) is 0. The van der Waals surface area contributed by atoms with E-state index in [1.165, 1.54) is 0 Å². The van der Waals surface area contributed by atoms with Crippen molar-refractivity contribution in [2.24, 2.45) is 0 Å². The Bertz CT molecular complexity index is 566. The maximum Gasteiger partial charge on any atom is 0.118 e. The molecule has 0 saturated carbocycles. The van der Waals surface area contributed by atoms with Crippen molar-refractivity contribution in [3.63, 3.8) is 0 Å². The zero-order valence-corrected chi connectivity index (χ0v) is 12.8. The van der Waals surface area contributed by atoms with Crippen molar-refractivity contribution < 1.29 is 0 Å². The number of nitrogens with zero attached hydrogens (tertiary/aromatic N) is 2. The summed E-state index contributed by atoms with van der Waals surface area (Å²) < 4.78 is 1.99. The van der Waals surface area contributed by atoms with Gasteiger partial charge in [0.05, 0.1) is 11.4 Å². The summed E-state index contributed by atoms with van der Waals surface area (Å²) in [5, 5.41) is 6.31. The van der Waals surface area contributed by atoms with Crippen molar-refractivity contribution >= 4 is 29.1 Å². The van der Waals surface area contributed by atoms with Gasteiger partial charge in [-0.1, -0.05) is 48.5 Å². The monoisotopic (exact) mass is 295 g/mol. The van der Waals surface area contributed by atoms with E-state index in [1.807, 2.05) is 35.9 Å². The van der Waals surface area contributed by atoms with Crippen LogP contribution < -0.4 is 5.73 Å². The molecule has 0 aliphatic rings. The standard InChI is InChI=1S/C14H18ClN3S/c1-3-8-18-14(13(16)10(2)17-18)19-9-11-6-4-5-7-12(11)15/h4-7H,3,8-9,16H2,1-2H3.